The molecule has 2 aromatic carbocycles. The minimum Gasteiger partial charge on any atom is -0.370 e. The van der Waals surface area contributed by atoms with E-state index >= 15 is 0 Å². The van der Waals surface area contributed by atoms with Gasteiger partial charge in [-0.1, -0.05) is 29.8 Å². The number of carbonyl (C=O) groups is 1. The molecule has 1 aliphatic rings. The van der Waals surface area contributed by atoms with Crippen LogP contribution in [0.1, 0.15) is 11.1 Å². The summed E-state index contributed by atoms with van der Waals surface area (Å²) in [4.78, 5) is 27.2. The zero-order valence-corrected chi connectivity index (χ0v) is 13.5. The normalized spacial score (nSPS) is 19.4. The zero-order valence-electron chi connectivity index (χ0n) is 12.7. The molecule has 9 heteroatoms. The summed E-state index contributed by atoms with van der Waals surface area (Å²) in [6.45, 7) is 0. The van der Waals surface area contributed by atoms with E-state index in [4.69, 9.17) is 17.3 Å². The van der Waals surface area contributed by atoms with E-state index in [0.29, 0.717) is 0 Å². The number of aliphatic imine (C=N–C) groups is 1. The third-order valence-electron chi connectivity index (χ3n) is 3.96. The van der Waals surface area contributed by atoms with E-state index in [1.54, 1.807) is 0 Å². The molecule has 3 rings (SSSR count). The predicted octanol–water partition coefficient (Wildman–Crippen LogP) is 2.27. The first-order valence-electron chi connectivity index (χ1n) is 7.18. The lowest BCUT2D eigenvalue weighted by molar-refractivity contribution is -0.384. The fourth-order valence-electron chi connectivity index (χ4n) is 2.76. The largest absolute Gasteiger partial charge is 0.370 e. The third-order valence-corrected chi connectivity index (χ3v) is 4.31. The van der Waals surface area contributed by atoms with Crippen LogP contribution in [0, 0.1) is 15.9 Å². The number of non-ortho nitro benzene ring substituents is 1. The lowest BCUT2D eigenvalue weighted by Crippen LogP contribution is -2.40. The van der Waals surface area contributed by atoms with Gasteiger partial charge in [-0.3, -0.25) is 20.2 Å². The number of nitro groups is 1. The second-order valence-electron chi connectivity index (χ2n) is 5.50. The average molecular weight is 363 g/mol. The molecule has 1 amide bonds. The van der Waals surface area contributed by atoms with Crippen LogP contribution in [-0.4, -0.2) is 16.8 Å². The number of benzene rings is 2. The van der Waals surface area contributed by atoms with Crippen molar-refractivity contribution < 1.29 is 14.1 Å². The number of hydrogen-bond donors (Lipinski definition) is 2. The van der Waals surface area contributed by atoms with E-state index in [9.17, 15) is 19.3 Å². The van der Waals surface area contributed by atoms with Gasteiger partial charge in [0.2, 0.25) is 0 Å². The topological polar surface area (TPSA) is 111 Å². The fraction of sp³-hybridized carbons (Fsp3) is 0.125. The molecule has 0 radical (unpaired) electrons. The minimum absolute atomic E-state index is 0.0734. The molecule has 0 saturated carbocycles. The number of nitrogens with one attached hydrogen (secondary N) is 1. The van der Waals surface area contributed by atoms with Crippen LogP contribution in [0.2, 0.25) is 5.02 Å². The van der Waals surface area contributed by atoms with Gasteiger partial charge >= 0.3 is 0 Å². The standard InChI is InChI=1S/C16H12ClFN4O3/c17-12-5-2-6-13(18)11(12)8-16(14(23)20-15(19)21-16)9-3-1-4-10(7-9)22(24)25/h1-7H,8H2,(H3,19,20,21,23)/t16-/m1/s1. The Balaban J connectivity index is 2.18. The number of halogens is 2. The van der Waals surface area contributed by atoms with Gasteiger partial charge in [-0.25, -0.2) is 9.38 Å². The summed E-state index contributed by atoms with van der Waals surface area (Å²) in [5.41, 5.74) is 4.06. The van der Waals surface area contributed by atoms with Gasteiger partial charge in [-0.2, -0.15) is 0 Å². The average Bonchev–Trinajstić information content (AvgIpc) is 2.86. The molecule has 1 heterocycles. The van der Waals surface area contributed by atoms with Crippen LogP contribution < -0.4 is 11.1 Å². The van der Waals surface area contributed by atoms with Gasteiger partial charge in [0.1, 0.15) is 5.82 Å². The quantitative estimate of drug-likeness (QED) is 0.642. The molecule has 0 fully saturated rings. The molecule has 0 saturated heterocycles. The van der Waals surface area contributed by atoms with Gasteiger partial charge in [0.25, 0.3) is 11.6 Å². The minimum atomic E-state index is -1.64. The van der Waals surface area contributed by atoms with Crippen molar-refractivity contribution in [2.24, 2.45) is 10.7 Å². The second-order valence-corrected chi connectivity index (χ2v) is 5.90. The van der Waals surface area contributed by atoms with Crippen LogP contribution >= 0.6 is 11.6 Å². The molecule has 0 bridgehead atoms. The first-order valence-corrected chi connectivity index (χ1v) is 7.56. The Morgan fingerprint density at radius 1 is 1.32 bits per heavy atom. The van der Waals surface area contributed by atoms with E-state index < -0.39 is 22.2 Å². The predicted molar refractivity (Wildman–Crippen MR) is 89.7 cm³/mol. The first-order chi connectivity index (χ1) is 11.8. The van der Waals surface area contributed by atoms with Crippen molar-refractivity contribution in [1.82, 2.24) is 5.32 Å². The Bertz CT molecular complexity index is 898. The SMILES string of the molecule is NC1=N[C@](Cc2c(F)cccc2Cl)(c2cccc([N+](=O)[O-])c2)C(=O)N1. The van der Waals surface area contributed by atoms with Crippen LogP contribution in [0.4, 0.5) is 10.1 Å². The van der Waals surface area contributed by atoms with Gasteiger partial charge in [0, 0.05) is 29.1 Å². The Morgan fingerprint density at radius 2 is 2.04 bits per heavy atom. The number of rotatable bonds is 4. The zero-order chi connectivity index (χ0) is 18.2. The Kier molecular flexibility index (Phi) is 4.13. The molecule has 0 unspecified atom stereocenters. The molecular weight excluding hydrogens is 351 g/mol. The molecule has 2 aromatic rings. The van der Waals surface area contributed by atoms with Crippen molar-refractivity contribution in [2.45, 2.75) is 12.0 Å². The van der Waals surface area contributed by atoms with Crippen molar-refractivity contribution in [1.29, 1.82) is 0 Å². The van der Waals surface area contributed by atoms with Crippen molar-refractivity contribution in [3.05, 3.63) is 74.5 Å². The van der Waals surface area contributed by atoms with Crippen LogP contribution in [0.25, 0.3) is 0 Å². The summed E-state index contributed by atoms with van der Waals surface area (Å²) in [6, 6.07) is 9.57. The highest BCUT2D eigenvalue weighted by Gasteiger charge is 2.46. The maximum atomic E-state index is 14.2. The summed E-state index contributed by atoms with van der Waals surface area (Å²) < 4.78 is 14.2. The summed E-state index contributed by atoms with van der Waals surface area (Å²) >= 11 is 6.06. The van der Waals surface area contributed by atoms with E-state index in [1.165, 1.54) is 42.5 Å². The summed E-state index contributed by atoms with van der Waals surface area (Å²) in [6.07, 6.45) is -0.230. The monoisotopic (exact) mass is 362 g/mol. The molecule has 0 aromatic heterocycles. The number of nitro benzene ring substituents is 1. The molecule has 0 spiro atoms. The lowest BCUT2D eigenvalue weighted by Gasteiger charge is -2.24. The summed E-state index contributed by atoms with van der Waals surface area (Å²) in [5.74, 6) is -1.36. The first kappa shape index (κ1) is 16.8. The summed E-state index contributed by atoms with van der Waals surface area (Å²) in [5, 5.41) is 13.5. The van der Waals surface area contributed by atoms with E-state index in [2.05, 4.69) is 10.3 Å². The van der Waals surface area contributed by atoms with Gasteiger partial charge in [-0.05, 0) is 17.7 Å². The van der Waals surface area contributed by atoms with Crippen molar-refractivity contribution in [2.75, 3.05) is 0 Å². The molecule has 1 atom stereocenters. The Hall–Kier alpha value is -3.00. The maximum absolute atomic E-state index is 14.2. The lowest BCUT2D eigenvalue weighted by atomic mass is 9.83. The van der Waals surface area contributed by atoms with Gasteiger partial charge in [0.05, 0.1) is 4.92 Å². The van der Waals surface area contributed by atoms with Crippen molar-refractivity contribution >= 4 is 29.2 Å². The molecule has 128 valence electrons. The maximum Gasteiger partial charge on any atom is 0.269 e. The number of amides is 1. The smallest absolute Gasteiger partial charge is 0.269 e. The molecular formula is C16H12ClFN4O3. The molecule has 3 N–H and O–H groups in total. The molecule has 1 aliphatic heterocycles. The number of hydrogen-bond acceptors (Lipinski definition) is 5. The van der Waals surface area contributed by atoms with Gasteiger partial charge in [-0.15, -0.1) is 0 Å². The summed E-state index contributed by atoms with van der Waals surface area (Å²) in [7, 11) is 0. The fourth-order valence-corrected chi connectivity index (χ4v) is 2.99. The molecule has 25 heavy (non-hydrogen) atoms. The Labute approximate surface area is 146 Å². The third kappa shape index (κ3) is 2.91. The van der Waals surface area contributed by atoms with E-state index in [0.717, 1.165) is 0 Å². The number of guanidine groups is 1. The van der Waals surface area contributed by atoms with Crippen molar-refractivity contribution in [3.8, 4) is 0 Å². The van der Waals surface area contributed by atoms with Crippen LogP contribution in [0.3, 0.4) is 0 Å². The van der Waals surface area contributed by atoms with Crippen LogP contribution in [-0.2, 0) is 16.8 Å². The van der Waals surface area contributed by atoms with Gasteiger partial charge < -0.3 is 5.73 Å². The highest BCUT2D eigenvalue weighted by molar-refractivity contribution is 6.31. The highest BCUT2D eigenvalue weighted by atomic mass is 35.5. The van der Waals surface area contributed by atoms with E-state index in [1.807, 2.05) is 0 Å². The number of nitrogens with zero attached hydrogens (tertiary/aromatic N) is 2. The van der Waals surface area contributed by atoms with Crippen molar-refractivity contribution in [3.63, 3.8) is 0 Å². The van der Waals surface area contributed by atoms with Crippen LogP contribution in [0.15, 0.2) is 47.5 Å². The van der Waals surface area contributed by atoms with Crippen LogP contribution in [0.5, 0.6) is 0 Å². The highest BCUT2D eigenvalue weighted by Crippen LogP contribution is 2.37. The molecule has 7 nitrogen and oxygen atoms in total. The Morgan fingerprint density at radius 3 is 2.64 bits per heavy atom. The number of nitrogens with two attached hydrogens (primary N) is 1. The molecule has 0 aliphatic carbocycles. The van der Waals surface area contributed by atoms with E-state index in [-0.39, 0.29) is 34.2 Å². The second kappa shape index (κ2) is 6.14. The number of carbonyl (C=O) groups excluding carboxylic acids is 1. The van der Waals surface area contributed by atoms with Gasteiger partial charge in [0.15, 0.2) is 11.5 Å².